The van der Waals surface area contributed by atoms with Crippen LogP contribution in [0, 0.1) is 11.3 Å². The number of rotatable bonds is 4. The first-order valence-corrected chi connectivity index (χ1v) is 7.13. The van der Waals surface area contributed by atoms with Crippen molar-refractivity contribution in [2.75, 3.05) is 5.73 Å². The van der Waals surface area contributed by atoms with E-state index in [0.29, 0.717) is 18.5 Å². The van der Waals surface area contributed by atoms with Gasteiger partial charge in [-0.2, -0.15) is 0 Å². The summed E-state index contributed by atoms with van der Waals surface area (Å²) < 4.78 is 0. The van der Waals surface area contributed by atoms with Crippen LogP contribution in [-0.4, -0.2) is 16.8 Å². The van der Waals surface area contributed by atoms with Gasteiger partial charge in [0.1, 0.15) is 0 Å². The number of hydrogen-bond donors (Lipinski definition) is 1. The lowest BCUT2D eigenvalue weighted by atomic mass is 10.1. The molecule has 3 rings (SSSR count). The second-order valence-corrected chi connectivity index (χ2v) is 6.64. The monoisotopic (exact) mass is 258 g/mol. The third-order valence-electron chi connectivity index (χ3n) is 4.48. The van der Waals surface area contributed by atoms with Gasteiger partial charge in [0, 0.05) is 24.2 Å². The molecular formula is C16H22N2O. The fourth-order valence-electron chi connectivity index (χ4n) is 2.72. The van der Waals surface area contributed by atoms with E-state index in [1.165, 1.54) is 0 Å². The van der Waals surface area contributed by atoms with Gasteiger partial charge >= 0.3 is 0 Å². The molecule has 102 valence electrons. The molecule has 1 unspecified atom stereocenters. The predicted molar refractivity (Wildman–Crippen MR) is 76.3 cm³/mol. The standard InChI is InChI=1S/C16H22N2O/c1-16(2)9-13(16)15(19)18(12-7-8-12)10-11-5-3-4-6-14(11)17/h3-6,12-13H,7-10,17H2,1-2H3. The molecule has 1 atom stereocenters. The maximum absolute atomic E-state index is 12.6. The summed E-state index contributed by atoms with van der Waals surface area (Å²) in [5.41, 5.74) is 8.06. The van der Waals surface area contributed by atoms with Gasteiger partial charge in [-0.25, -0.2) is 0 Å². The number of para-hydroxylation sites is 1. The fourth-order valence-corrected chi connectivity index (χ4v) is 2.72. The van der Waals surface area contributed by atoms with Gasteiger partial charge in [-0.15, -0.1) is 0 Å². The molecule has 1 amide bonds. The smallest absolute Gasteiger partial charge is 0.226 e. The van der Waals surface area contributed by atoms with Crippen molar-refractivity contribution in [1.82, 2.24) is 4.90 Å². The number of anilines is 1. The third kappa shape index (κ3) is 2.46. The number of carbonyl (C=O) groups excluding carboxylic acids is 1. The van der Waals surface area contributed by atoms with Gasteiger partial charge in [0.05, 0.1) is 0 Å². The number of nitrogens with two attached hydrogens (primary N) is 1. The number of benzene rings is 1. The third-order valence-corrected chi connectivity index (χ3v) is 4.48. The maximum atomic E-state index is 12.6. The van der Waals surface area contributed by atoms with Crippen LogP contribution in [0.15, 0.2) is 24.3 Å². The molecule has 1 aromatic rings. The summed E-state index contributed by atoms with van der Waals surface area (Å²) in [6.07, 6.45) is 3.32. The first-order chi connectivity index (χ1) is 8.99. The van der Waals surface area contributed by atoms with Crippen LogP contribution in [0.25, 0.3) is 0 Å². The molecule has 0 bridgehead atoms. The normalized spacial score (nSPS) is 24.0. The summed E-state index contributed by atoms with van der Waals surface area (Å²) >= 11 is 0. The lowest BCUT2D eigenvalue weighted by molar-refractivity contribution is -0.134. The molecule has 2 saturated carbocycles. The number of carbonyl (C=O) groups is 1. The molecule has 0 aromatic heterocycles. The van der Waals surface area contributed by atoms with Crippen molar-refractivity contribution < 1.29 is 4.79 Å². The molecule has 3 nitrogen and oxygen atoms in total. The minimum Gasteiger partial charge on any atom is -0.398 e. The lowest BCUT2D eigenvalue weighted by Crippen LogP contribution is -2.35. The van der Waals surface area contributed by atoms with Crippen molar-refractivity contribution in [3.63, 3.8) is 0 Å². The first-order valence-electron chi connectivity index (χ1n) is 7.13. The highest BCUT2D eigenvalue weighted by atomic mass is 16.2. The zero-order valence-electron chi connectivity index (χ0n) is 11.7. The van der Waals surface area contributed by atoms with Crippen LogP contribution in [0.3, 0.4) is 0 Å². The Bertz CT molecular complexity index is 505. The molecular weight excluding hydrogens is 236 g/mol. The topological polar surface area (TPSA) is 46.3 Å². The van der Waals surface area contributed by atoms with E-state index < -0.39 is 0 Å². The zero-order valence-corrected chi connectivity index (χ0v) is 11.7. The molecule has 3 heteroatoms. The van der Waals surface area contributed by atoms with Crippen LogP contribution >= 0.6 is 0 Å². The van der Waals surface area contributed by atoms with Gasteiger partial charge in [0.25, 0.3) is 0 Å². The minimum absolute atomic E-state index is 0.201. The average molecular weight is 258 g/mol. The van der Waals surface area contributed by atoms with Crippen LogP contribution < -0.4 is 5.73 Å². The van der Waals surface area contributed by atoms with Crippen molar-refractivity contribution >= 4 is 11.6 Å². The molecule has 0 spiro atoms. The maximum Gasteiger partial charge on any atom is 0.226 e. The molecule has 0 heterocycles. The van der Waals surface area contributed by atoms with Crippen molar-refractivity contribution in [2.24, 2.45) is 11.3 Å². The second-order valence-electron chi connectivity index (χ2n) is 6.64. The molecule has 2 fully saturated rings. The molecule has 2 aliphatic carbocycles. The van der Waals surface area contributed by atoms with E-state index in [0.717, 1.165) is 30.5 Å². The van der Waals surface area contributed by atoms with Gasteiger partial charge in [-0.3, -0.25) is 4.79 Å². The van der Waals surface area contributed by atoms with Gasteiger partial charge < -0.3 is 10.6 Å². The molecule has 1 aromatic carbocycles. The Kier molecular flexibility index (Phi) is 2.80. The van der Waals surface area contributed by atoms with E-state index in [4.69, 9.17) is 5.73 Å². The van der Waals surface area contributed by atoms with Crippen LogP contribution in [0.2, 0.25) is 0 Å². The molecule has 2 aliphatic rings. The summed E-state index contributed by atoms with van der Waals surface area (Å²) in [5.74, 6) is 0.550. The Hall–Kier alpha value is -1.51. The predicted octanol–water partition coefficient (Wildman–Crippen LogP) is 2.81. The Morgan fingerprint density at radius 1 is 1.37 bits per heavy atom. The average Bonchev–Trinajstić information content (AvgIpc) is 3.25. The number of hydrogen-bond acceptors (Lipinski definition) is 2. The van der Waals surface area contributed by atoms with Crippen molar-refractivity contribution in [3.05, 3.63) is 29.8 Å². The summed E-state index contributed by atoms with van der Waals surface area (Å²) in [4.78, 5) is 14.7. The van der Waals surface area contributed by atoms with Crippen molar-refractivity contribution in [3.8, 4) is 0 Å². The van der Waals surface area contributed by atoms with Gasteiger partial charge in [-0.1, -0.05) is 32.0 Å². The van der Waals surface area contributed by atoms with E-state index in [9.17, 15) is 4.79 Å². The number of nitrogen functional groups attached to an aromatic ring is 1. The molecule has 2 N–H and O–H groups in total. The van der Waals surface area contributed by atoms with Crippen LogP contribution in [-0.2, 0) is 11.3 Å². The first kappa shape index (κ1) is 12.5. The van der Waals surface area contributed by atoms with Gasteiger partial charge in [0.2, 0.25) is 5.91 Å². The van der Waals surface area contributed by atoms with Gasteiger partial charge in [0.15, 0.2) is 0 Å². The SMILES string of the molecule is CC1(C)CC1C(=O)N(Cc1ccccc1N)C1CC1. The molecule has 19 heavy (non-hydrogen) atoms. The highest BCUT2D eigenvalue weighted by molar-refractivity contribution is 5.83. The quantitative estimate of drug-likeness (QED) is 0.844. The highest BCUT2D eigenvalue weighted by Gasteiger charge is 2.53. The highest BCUT2D eigenvalue weighted by Crippen LogP contribution is 2.53. The second kappa shape index (κ2) is 4.26. The van der Waals surface area contributed by atoms with Crippen molar-refractivity contribution in [2.45, 2.75) is 45.7 Å². The zero-order chi connectivity index (χ0) is 13.6. The Labute approximate surface area is 114 Å². The van der Waals surface area contributed by atoms with Crippen molar-refractivity contribution in [1.29, 1.82) is 0 Å². The fraction of sp³-hybridized carbons (Fsp3) is 0.562. The van der Waals surface area contributed by atoms with E-state index in [1.807, 2.05) is 24.3 Å². The van der Waals surface area contributed by atoms with E-state index in [1.54, 1.807) is 0 Å². The van der Waals surface area contributed by atoms with E-state index in [-0.39, 0.29) is 11.3 Å². The Balaban J connectivity index is 1.75. The van der Waals surface area contributed by atoms with Gasteiger partial charge in [-0.05, 0) is 36.3 Å². The summed E-state index contributed by atoms with van der Waals surface area (Å²) in [6, 6.07) is 8.31. The largest absolute Gasteiger partial charge is 0.398 e. The van der Waals surface area contributed by atoms with Crippen LogP contribution in [0.5, 0.6) is 0 Å². The molecule has 0 radical (unpaired) electrons. The molecule has 0 saturated heterocycles. The number of amides is 1. The summed E-state index contributed by atoms with van der Waals surface area (Å²) in [6.45, 7) is 5.03. The summed E-state index contributed by atoms with van der Waals surface area (Å²) in [7, 11) is 0. The minimum atomic E-state index is 0.201. The summed E-state index contributed by atoms with van der Waals surface area (Å²) in [5, 5.41) is 0. The van der Waals surface area contributed by atoms with Crippen LogP contribution in [0.4, 0.5) is 5.69 Å². The lowest BCUT2D eigenvalue weighted by Gasteiger charge is -2.24. The van der Waals surface area contributed by atoms with E-state index >= 15 is 0 Å². The van der Waals surface area contributed by atoms with E-state index in [2.05, 4.69) is 18.7 Å². The van der Waals surface area contributed by atoms with Crippen LogP contribution in [0.1, 0.15) is 38.7 Å². The molecule has 0 aliphatic heterocycles. The number of nitrogens with zero attached hydrogens (tertiary/aromatic N) is 1. The Morgan fingerprint density at radius 3 is 2.53 bits per heavy atom. The Morgan fingerprint density at radius 2 is 2.00 bits per heavy atom.